The number of halogens is 1. The van der Waals surface area contributed by atoms with Crippen molar-refractivity contribution in [2.45, 2.75) is 38.6 Å². The topological polar surface area (TPSA) is 20.3 Å². The van der Waals surface area contributed by atoms with Gasteiger partial charge in [-0.25, -0.2) is 4.39 Å². The largest absolute Gasteiger partial charge is 0.294 e. The lowest BCUT2D eigenvalue weighted by molar-refractivity contribution is 0.0843. The van der Waals surface area contributed by atoms with Crippen LogP contribution in [0.1, 0.15) is 43.0 Å². The highest BCUT2D eigenvalue weighted by Gasteiger charge is 2.22. The first-order valence-electron chi connectivity index (χ1n) is 6.72. The van der Waals surface area contributed by atoms with Crippen LogP contribution in [0.15, 0.2) is 24.3 Å². The zero-order valence-corrected chi connectivity index (χ0v) is 10.9. The average molecular weight is 249 g/mol. The minimum atomic E-state index is -0.297. The van der Waals surface area contributed by atoms with Crippen LogP contribution in [0.5, 0.6) is 0 Å². The van der Waals surface area contributed by atoms with Crippen LogP contribution in [-0.4, -0.2) is 29.8 Å². The van der Waals surface area contributed by atoms with Crippen molar-refractivity contribution in [3.8, 4) is 0 Å². The second-order valence-electron chi connectivity index (χ2n) is 5.00. The molecule has 0 bridgehead atoms. The Labute approximate surface area is 108 Å². The lowest BCUT2D eigenvalue weighted by Crippen LogP contribution is -2.39. The van der Waals surface area contributed by atoms with Crippen molar-refractivity contribution >= 4 is 5.78 Å². The van der Waals surface area contributed by atoms with Gasteiger partial charge in [0.05, 0.1) is 6.04 Å². The number of nitrogens with zero attached hydrogens (tertiary/aromatic N) is 1. The summed E-state index contributed by atoms with van der Waals surface area (Å²) in [4.78, 5) is 14.6. The van der Waals surface area contributed by atoms with Crippen LogP contribution in [0, 0.1) is 5.82 Å². The minimum Gasteiger partial charge on any atom is -0.294 e. The molecule has 1 fully saturated rings. The number of Topliss-reactive ketones (excluding diaryl/α,β-unsaturated/α-hetero) is 1. The van der Waals surface area contributed by atoms with Gasteiger partial charge in [-0.2, -0.15) is 0 Å². The monoisotopic (exact) mass is 249 g/mol. The summed E-state index contributed by atoms with van der Waals surface area (Å²) in [5, 5.41) is 0. The molecule has 1 aromatic carbocycles. The highest BCUT2D eigenvalue weighted by atomic mass is 19.1. The van der Waals surface area contributed by atoms with Crippen LogP contribution in [-0.2, 0) is 0 Å². The molecule has 0 saturated carbocycles. The molecule has 1 atom stereocenters. The van der Waals surface area contributed by atoms with E-state index < -0.39 is 0 Å². The van der Waals surface area contributed by atoms with Gasteiger partial charge in [-0.3, -0.25) is 9.69 Å². The van der Waals surface area contributed by atoms with Crippen LogP contribution in [0.25, 0.3) is 0 Å². The Hall–Kier alpha value is -1.22. The first kappa shape index (κ1) is 13.2. The number of ketones is 1. The third-order valence-corrected chi connectivity index (χ3v) is 3.70. The van der Waals surface area contributed by atoms with Crippen LogP contribution in [0.4, 0.5) is 4.39 Å². The molecule has 0 N–H and O–H groups in total. The molecule has 1 unspecified atom stereocenters. The first-order valence-corrected chi connectivity index (χ1v) is 6.72. The van der Waals surface area contributed by atoms with Gasteiger partial charge in [0.2, 0.25) is 0 Å². The van der Waals surface area contributed by atoms with Crippen molar-refractivity contribution in [1.82, 2.24) is 4.90 Å². The van der Waals surface area contributed by atoms with Crippen molar-refractivity contribution in [1.29, 1.82) is 0 Å². The van der Waals surface area contributed by atoms with Gasteiger partial charge in [0, 0.05) is 5.56 Å². The summed E-state index contributed by atoms with van der Waals surface area (Å²) in [6.45, 7) is 3.94. The predicted octanol–water partition coefficient (Wildman–Crippen LogP) is 3.27. The van der Waals surface area contributed by atoms with Gasteiger partial charge < -0.3 is 0 Å². The fourth-order valence-electron chi connectivity index (χ4n) is 2.50. The first-order chi connectivity index (χ1) is 8.68. The van der Waals surface area contributed by atoms with Crippen LogP contribution in [0.3, 0.4) is 0 Å². The number of carbonyl (C=O) groups excluding carboxylic acids is 1. The summed E-state index contributed by atoms with van der Waals surface area (Å²) in [5.74, 6) is -0.203. The van der Waals surface area contributed by atoms with E-state index in [2.05, 4.69) is 4.90 Å². The predicted molar refractivity (Wildman–Crippen MR) is 70.2 cm³/mol. The van der Waals surface area contributed by atoms with E-state index >= 15 is 0 Å². The number of hydrogen-bond donors (Lipinski definition) is 0. The highest BCUT2D eigenvalue weighted by molar-refractivity contribution is 5.99. The van der Waals surface area contributed by atoms with Crippen molar-refractivity contribution < 1.29 is 9.18 Å². The highest BCUT2D eigenvalue weighted by Crippen LogP contribution is 2.15. The molecule has 1 saturated heterocycles. The van der Waals surface area contributed by atoms with Gasteiger partial charge in [-0.15, -0.1) is 0 Å². The Kier molecular flexibility index (Phi) is 4.48. The Balaban J connectivity index is 2.05. The Morgan fingerprint density at radius 3 is 2.22 bits per heavy atom. The van der Waals surface area contributed by atoms with E-state index in [1.807, 2.05) is 6.92 Å². The average Bonchev–Trinajstić information content (AvgIpc) is 2.67. The fourth-order valence-corrected chi connectivity index (χ4v) is 2.50. The molecule has 3 heteroatoms. The number of likely N-dealkylation sites (tertiary alicyclic amines) is 1. The summed E-state index contributed by atoms with van der Waals surface area (Å²) < 4.78 is 12.8. The Bertz CT molecular complexity index is 393. The van der Waals surface area contributed by atoms with Crippen molar-refractivity contribution in [3.63, 3.8) is 0 Å². The lowest BCUT2D eigenvalue weighted by atomic mass is 10.0. The van der Waals surface area contributed by atoms with Gasteiger partial charge in [0.15, 0.2) is 5.78 Å². The fraction of sp³-hybridized carbons (Fsp3) is 0.533. The molecule has 2 rings (SSSR count). The third-order valence-electron chi connectivity index (χ3n) is 3.70. The van der Waals surface area contributed by atoms with Crippen LogP contribution < -0.4 is 0 Å². The summed E-state index contributed by atoms with van der Waals surface area (Å²) in [6.07, 6.45) is 4.85. The number of carbonyl (C=O) groups is 1. The van der Waals surface area contributed by atoms with E-state index in [0.717, 1.165) is 13.1 Å². The quantitative estimate of drug-likeness (QED) is 0.766. The molecular weight excluding hydrogens is 229 g/mol. The zero-order chi connectivity index (χ0) is 13.0. The van der Waals surface area contributed by atoms with E-state index in [1.54, 1.807) is 12.1 Å². The molecule has 18 heavy (non-hydrogen) atoms. The number of hydrogen-bond acceptors (Lipinski definition) is 2. The van der Waals surface area contributed by atoms with Crippen molar-refractivity contribution in [3.05, 3.63) is 35.6 Å². The van der Waals surface area contributed by atoms with Crippen LogP contribution in [0.2, 0.25) is 0 Å². The standard InChI is InChI=1S/C15H20FNO/c1-12(17-10-4-2-3-5-11-17)15(18)13-6-8-14(16)9-7-13/h6-9,12H,2-5,10-11H2,1H3. The van der Waals surface area contributed by atoms with E-state index in [9.17, 15) is 9.18 Å². The molecule has 1 aliphatic heterocycles. The molecule has 1 heterocycles. The Morgan fingerprint density at radius 2 is 1.67 bits per heavy atom. The molecule has 0 radical (unpaired) electrons. The number of rotatable bonds is 3. The van der Waals surface area contributed by atoms with E-state index in [1.165, 1.54) is 37.8 Å². The van der Waals surface area contributed by atoms with Gasteiger partial charge in [-0.1, -0.05) is 12.8 Å². The van der Waals surface area contributed by atoms with Crippen molar-refractivity contribution in [2.24, 2.45) is 0 Å². The zero-order valence-electron chi connectivity index (χ0n) is 10.9. The second-order valence-corrected chi connectivity index (χ2v) is 5.00. The molecule has 1 aromatic rings. The summed E-state index contributed by atoms with van der Waals surface area (Å²) in [5.41, 5.74) is 0.605. The maximum absolute atomic E-state index is 12.8. The molecular formula is C15H20FNO. The smallest absolute Gasteiger partial charge is 0.179 e. The SMILES string of the molecule is CC(C(=O)c1ccc(F)cc1)N1CCCCCC1. The number of benzene rings is 1. The normalized spacial score (nSPS) is 19.2. The lowest BCUT2D eigenvalue weighted by Gasteiger charge is -2.26. The van der Waals surface area contributed by atoms with E-state index in [0.29, 0.717) is 5.56 Å². The third kappa shape index (κ3) is 3.16. The second kappa shape index (κ2) is 6.10. The maximum atomic E-state index is 12.8. The van der Waals surface area contributed by atoms with Gasteiger partial charge >= 0.3 is 0 Å². The van der Waals surface area contributed by atoms with Crippen LogP contribution >= 0.6 is 0 Å². The Morgan fingerprint density at radius 1 is 1.11 bits per heavy atom. The molecule has 0 aromatic heterocycles. The molecule has 98 valence electrons. The van der Waals surface area contributed by atoms with Gasteiger partial charge in [0.25, 0.3) is 0 Å². The maximum Gasteiger partial charge on any atom is 0.179 e. The summed E-state index contributed by atoms with van der Waals surface area (Å²) >= 11 is 0. The summed E-state index contributed by atoms with van der Waals surface area (Å²) in [7, 11) is 0. The van der Waals surface area contributed by atoms with Gasteiger partial charge in [0.1, 0.15) is 5.82 Å². The van der Waals surface area contributed by atoms with Crippen molar-refractivity contribution in [2.75, 3.05) is 13.1 Å². The van der Waals surface area contributed by atoms with Gasteiger partial charge in [-0.05, 0) is 57.1 Å². The molecule has 0 amide bonds. The molecule has 0 aliphatic carbocycles. The molecule has 1 aliphatic rings. The minimum absolute atomic E-state index is 0.0944. The van der Waals surface area contributed by atoms with E-state index in [-0.39, 0.29) is 17.6 Å². The molecule has 2 nitrogen and oxygen atoms in total. The van der Waals surface area contributed by atoms with E-state index in [4.69, 9.17) is 0 Å². The molecule has 0 spiro atoms. The summed E-state index contributed by atoms with van der Waals surface area (Å²) in [6, 6.07) is 5.75.